The number of anilines is 2. The lowest BCUT2D eigenvalue weighted by molar-refractivity contribution is 0.402. The minimum absolute atomic E-state index is 0.331. The zero-order valence-electron chi connectivity index (χ0n) is 17.4. The minimum atomic E-state index is 0.331. The van der Waals surface area contributed by atoms with Crippen LogP contribution in [-0.4, -0.2) is 37.2 Å². The number of nitrogens with zero attached hydrogens (tertiary/aromatic N) is 2. The molecule has 4 heteroatoms. The maximum atomic E-state index is 9.80. The summed E-state index contributed by atoms with van der Waals surface area (Å²) >= 11 is 1.87. The van der Waals surface area contributed by atoms with Gasteiger partial charge in [-0.05, 0) is 92.1 Å². The van der Waals surface area contributed by atoms with E-state index in [1.165, 1.54) is 37.9 Å². The summed E-state index contributed by atoms with van der Waals surface area (Å²) in [5, 5.41) is 9.80. The molecule has 1 N–H and O–H groups in total. The molecule has 30 heavy (non-hydrogen) atoms. The monoisotopic (exact) mass is 414 g/mol. The lowest BCUT2D eigenvalue weighted by Gasteiger charge is -2.33. The Morgan fingerprint density at radius 3 is 2.67 bits per heavy atom. The molecule has 1 heterocycles. The van der Waals surface area contributed by atoms with Gasteiger partial charge in [0.25, 0.3) is 0 Å². The van der Waals surface area contributed by atoms with E-state index in [4.69, 9.17) is 0 Å². The maximum absolute atomic E-state index is 9.80. The van der Waals surface area contributed by atoms with Gasteiger partial charge in [-0.25, -0.2) is 0 Å². The Hall–Kier alpha value is -2.69. The van der Waals surface area contributed by atoms with E-state index in [0.717, 1.165) is 31.5 Å². The second kappa shape index (κ2) is 7.86. The average molecular weight is 415 g/mol. The molecule has 0 saturated carbocycles. The molecular weight excluding hydrogens is 388 g/mol. The first-order valence-corrected chi connectivity index (χ1v) is 11.3. The number of allylic oxidation sites excluding steroid dienone is 1. The van der Waals surface area contributed by atoms with E-state index in [-0.39, 0.29) is 0 Å². The van der Waals surface area contributed by atoms with Crippen LogP contribution >= 0.6 is 11.8 Å². The standard InChI is InChI=1S/C26H26N2OS/c1-27(2)12-5-13-28-23-6-3-4-7-25(23)30-26-17-19(9-11-24(26)28)20-14-18-8-10-22(29)16-21(18)15-20/h3-4,6-11,15-17,29H,5,12-14H2,1-2H3. The van der Waals surface area contributed by atoms with E-state index in [9.17, 15) is 5.11 Å². The number of hydrogen-bond acceptors (Lipinski definition) is 4. The topological polar surface area (TPSA) is 26.7 Å². The normalized spacial score (nSPS) is 14.4. The van der Waals surface area contributed by atoms with Gasteiger partial charge in [-0.1, -0.05) is 42.1 Å². The zero-order valence-corrected chi connectivity index (χ0v) is 18.2. The van der Waals surface area contributed by atoms with E-state index >= 15 is 0 Å². The van der Waals surface area contributed by atoms with E-state index in [2.05, 4.69) is 72.4 Å². The highest BCUT2D eigenvalue weighted by molar-refractivity contribution is 7.99. The molecule has 3 nitrogen and oxygen atoms in total. The highest BCUT2D eigenvalue weighted by Gasteiger charge is 2.24. The summed E-state index contributed by atoms with van der Waals surface area (Å²) in [6, 6.07) is 21.3. The van der Waals surface area contributed by atoms with Crippen LogP contribution in [0.15, 0.2) is 70.5 Å². The van der Waals surface area contributed by atoms with E-state index in [1.54, 1.807) is 6.07 Å². The molecular formula is C26H26N2OS. The second-order valence-corrected chi connectivity index (χ2v) is 9.37. The number of rotatable bonds is 5. The van der Waals surface area contributed by atoms with Crippen LogP contribution in [0.3, 0.4) is 0 Å². The highest BCUT2D eigenvalue weighted by atomic mass is 32.2. The van der Waals surface area contributed by atoms with Crippen molar-refractivity contribution >= 4 is 34.8 Å². The SMILES string of the molecule is CN(C)CCCN1c2ccccc2Sc2cc(C3=Cc4cc(O)ccc4C3)ccc21. The van der Waals surface area contributed by atoms with Crippen molar-refractivity contribution in [2.24, 2.45) is 0 Å². The van der Waals surface area contributed by atoms with Crippen LogP contribution in [0.2, 0.25) is 0 Å². The lowest BCUT2D eigenvalue weighted by atomic mass is 10.0. The quantitative estimate of drug-likeness (QED) is 0.550. The van der Waals surface area contributed by atoms with Crippen molar-refractivity contribution in [2.45, 2.75) is 22.6 Å². The van der Waals surface area contributed by atoms with Crippen LogP contribution < -0.4 is 4.90 Å². The third-order valence-corrected chi connectivity index (χ3v) is 6.94. The first-order valence-electron chi connectivity index (χ1n) is 10.4. The Morgan fingerprint density at radius 1 is 0.967 bits per heavy atom. The molecule has 0 amide bonds. The number of fused-ring (bicyclic) bond motifs is 3. The van der Waals surface area contributed by atoms with Gasteiger partial charge in [0.15, 0.2) is 0 Å². The van der Waals surface area contributed by atoms with Crippen molar-refractivity contribution in [1.29, 1.82) is 0 Å². The third-order valence-electron chi connectivity index (χ3n) is 5.82. The van der Waals surface area contributed by atoms with Crippen molar-refractivity contribution in [3.63, 3.8) is 0 Å². The predicted molar refractivity (Wildman–Crippen MR) is 127 cm³/mol. The fraction of sp³-hybridized carbons (Fsp3) is 0.231. The van der Waals surface area contributed by atoms with Crippen molar-refractivity contribution in [2.75, 3.05) is 32.1 Å². The van der Waals surface area contributed by atoms with Crippen molar-refractivity contribution in [3.8, 4) is 5.75 Å². The van der Waals surface area contributed by atoms with Gasteiger partial charge in [-0.3, -0.25) is 0 Å². The second-order valence-electron chi connectivity index (χ2n) is 8.29. The van der Waals surface area contributed by atoms with Gasteiger partial charge < -0.3 is 14.9 Å². The molecule has 0 radical (unpaired) electrons. The molecule has 0 bridgehead atoms. The summed E-state index contributed by atoms with van der Waals surface area (Å²) < 4.78 is 0. The first-order chi connectivity index (χ1) is 14.6. The Bertz CT molecular complexity index is 1140. The van der Waals surface area contributed by atoms with Crippen LogP contribution in [-0.2, 0) is 6.42 Å². The number of para-hydroxylation sites is 1. The minimum Gasteiger partial charge on any atom is -0.508 e. The molecule has 0 spiro atoms. The van der Waals surface area contributed by atoms with Crippen LogP contribution in [0.25, 0.3) is 11.6 Å². The van der Waals surface area contributed by atoms with E-state index in [1.807, 2.05) is 23.9 Å². The van der Waals surface area contributed by atoms with Gasteiger partial charge >= 0.3 is 0 Å². The molecule has 0 unspecified atom stereocenters. The number of aromatic hydroxyl groups is 1. The Kier molecular flexibility index (Phi) is 5.05. The number of phenols is 1. The summed E-state index contributed by atoms with van der Waals surface area (Å²) in [4.78, 5) is 7.36. The van der Waals surface area contributed by atoms with Crippen molar-refractivity contribution in [1.82, 2.24) is 4.90 Å². The molecule has 1 aliphatic heterocycles. The average Bonchev–Trinajstić information content (AvgIpc) is 3.16. The van der Waals surface area contributed by atoms with Crippen LogP contribution in [0.4, 0.5) is 11.4 Å². The van der Waals surface area contributed by atoms with Crippen LogP contribution in [0.1, 0.15) is 23.1 Å². The zero-order chi connectivity index (χ0) is 20.7. The molecule has 3 aromatic carbocycles. The predicted octanol–water partition coefficient (Wildman–Crippen LogP) is 6.04. The molecule has 0 aromatic heterocycles. The molecule has 0 saturated heterocycles. The smallest absolute Gasteiger partial charge is 0.116 e. The van der Waals surface area contributed by atoms with Gasteiger partial charge in [0.1, 0.15) is 5.75 Å². The van der Waals surface area contributed by atoms with Gasteiger partial charge in [0.05, 0.1) is 11.4 Å². The summed E-state index contributed by atoms with van der Waals surface area (Å²) in [6.45, 7) is 2.09. The molecule has 1 aliphatic carbocycles. The fourth-order valence-electron chi connectivity index (χ4n) is 4.33. The van der Waals surface area contributed by atoms with Crippen molar-refractivity contribution in [3.05, 3.63) is 77.4 Å². The fourth-order valence-corrected chi connectivity index (χ4v) is 5.46. The molecule has 3 aromatic rings. The highest BCUT2D eigenvalue weighted by Crippen LogP contribution is 2.49. The largest absolute Gasteiger partial charge is 0.508 e. The van der Waals surface area contributed by atoms with Gasteiger partial charge in [-0.2, -0.15) is 0 Å². The van der Waals surface area contributed by atoms with Crippen LogP contribution in [0, 0.1) is 0 Å². The first kappa shape index (κ1) is 19.3. The summed E-state index contributed by atoms with van der Waals surface area (Å²) in [7, 11) is 4.26. The summed E-state index contributed by atoms with van der Waals surface area (Å²) in [6.07, 6.45) is 4.26. The summed E-state index contributed by atoms with van der Waals surface area (Å²) in [5.41, 5.74) is 7.61. The molecule has 2 aliphatic rings. The van der Waals surface area contributed by atoms with Gasteiger partial charge in [0, 0.05) is 16.3 Å². The van der Waals surface area contributed by atoms with E-state index < -0.39 is 0 Å². The van der Waals surface area contributed by atoms with Gasteiger partial charge in [0.2, 0.25) is 0 Å². The maximum Gasteiger partial charge on any atom is 0.116 e. The molecule has 0 atom stereocenters. The molecule has 152 valence electrons. The Labute approximate surface area is 182 Å². The lowest BCUT2D eigenvalue weighted by Crippen LogP contribution is -2.25. The Balaban J connectivity index is 1.47. The van der Waals surface area contributed by atoms with Gasteiger partial charge in [-0.15, -0.1) is 0 Å². The molecule has 0 fully saturated rings. The number of phenolic OH excluding ortho intramolecular Hbond substituents is 1. The number of hydrogen-bond donors (Lipinski definition) is 1. The Morgan fingerprint density at radius 2 is 1.80 bits per heavy atom. The van der Waals surface area contributed by atoms with E-state index in [0.29, 0.717) is 5.75 Å². The third kappa shape index (κ3) is 3.62. The van der Waals surface area contributed by atoms with Crippen molar-refractivity contribution < 1.29 is 5.11 Å². The summed E-state index contributed by atoms with van der Waals surface area (Å²) in [5.74, 6) is 0.331. The molecule has 5 rings (SSSR count). The van der Waals surface area contributed by atoms with Crippen LogP contribution in [0.5, 0.6) is 5.75 Å². The number of benzene rings is 3.